The van der Waals surface area contributed by atoms with Gasteiger partial charge in [0, 0.05) is 6.42 Å². The van der Waals surface area contributed by atoms with Crippen LogP contribution in [0.25, 0.3) is 0 Å². The van der Waals surface area contributed by atoms with Gasteiger partial charge in [-0.25, -0.2) is 0 Å². The summed E-state index contributed by atoms with van der Waals surface area (Å²) in [4.78, 5) is 11.4. The van der Waals surface area contributed by atoms with Crippen LogP contribution in [-0.2, 0) is 19.9 Å². The van der Waals surface area contributed by atoms with Crippen molar-refractivity contribution in [2.45, 2.75) is 116 Å². The van der Waals surface area contributed by atoms with Gasteiger partial charge in [0.1, 0.15) is 0 Å². The van der Waals surface area contributed by atoms with Gasteiger partial charge in [-0.3, -0.25) is 13.9 Å². The Morgan fingerprint density at radius 3 is 2.07 bits per heavy atom. The average Bonchev–Trinajstić information content (AvgIpc) is 2.65. The molecule has 7 nitrogen and oxygen atoms in total. The van der Waals surface area contributed by atoms with E-state index in [1.807, 2.05) is 0 Å². The van der Waals surface area contributed by atoms with Crippen LogP contribution in [0, 0.1) is 0 Å². The van der Waals surface area contributed by atoms with Crippen LogP contribution in [0.3, 0.4) is 0 Å². The van der Waals surface area contributed by atoms with E-state index in [0.29, 0.717) is 13.0 Å². The van der Waals surface area contributed by atoms with Gasteiger partial charge in [-0.1, -0.05) is 77.4 Å². The Morgan fingerprint density at radius 2 is 1.43 bits per heavy atom. The van der Waals surface area contributed by atoms with Crippen molar-refractivity contribution in [2.24, 2.45) is 0 Å². The molecular weight excluding hydrogens is 408 g/mol. The van der Waals surface area contributed by atoms with Crippen LogP contribution >= 0.6 is 0 Å². The number of rotatable bonds is 18. The topological polar surface area (TPSA) is 121 Å². The Hall–Kier alpha value is -0.960. The van der Waals surface area contributed by atoms with Gasteiger partial charge in [0.25, 0.3) is 0 Å². The summed E-state index contributed by atoms with van der Waals surface area (Å²) in [5.74, 6) is -0.0374. The molecule has 0 amide bonds. The molecule has 180 valence electrons. The summed E-state index contributed by atoms with van der Waals surface area (Å²) < 4.78 is 36.7. The number of allylic oxidation sites excluding steroid dienone is 1. The minimum atomic E-state index is -4.67. The molecular formula is C22H44O7S. The molecule has 1 atom stereocenters. The van der Waals surface area contributed by atoms with Crippen molar-refractivity contribution in [2.75, 3.05) is 6.61 Å². The minimum Gasteiger partial charge on any atom is -0.466 e. The molecule has 0 saturated carbocycles. The zero-order valence-corrected chi connectivity index (χ0v) is 19.7. The van der Waals surface area contributed by atoms with Gasteiger partial charge in [-0.05, 0) is 38.5 Å². The highest BCUT2D eigenvalue weighted by atomic mass is 32.3. The standard InChI is InChI=1S/C22H42O3.H2O4S/c1-3-5-7-14-17-21(23)18-15-12-10-8-9-11-13-16-19-22(24)25-20-6-4-2;1-5(2,3)4/h12,15,21,23H,3-11,13-14,16-20H2,1-2H3;(H2,1,2,3,4)/b15-12-;. The molecule has 8 heteroatoms. The molecule has 0 bridgehead atoms. The van der Waals surface area contributed by atoms with Crippen LogP contribution < -0.4 is 0 Å². The molecule has 0 aliphatic carbocycles. The summed E-state index contributed by atoms with van der Waals surface area (Å²) in [5.41, 5.74) is 0. The number of unbranched alkanes of at least 4 members (excludes halogenated alkanes) is 9. The van der Waals surface area contributed by atoms with Crippen molar-refractivity contribution in [1.29, 1.82) is 0 Å². The molecule has 1 unspecified atom stereocenters. The first-order chi connectivity index (χ1) is 14.2. The summed E-state index contributed by atoms with van der Waals surface area (Å²) in [6.07, 6.45) is 20.2. The normalized spacial score (nSPS) is 12.4. The Kier molecular flexibility index (Phi) is 23.6. The highest BCUT2D eigenvalue weighted by Gasteiger charge is 2.02. The molecule has 0 aromatic carbocycles. The van der Waals surface area contributed by atoms with E-state index in [4.69, 9.17) is 22.3 Å². The van der Waals surface area contributed by atoms with Crippen LogP contribution in [-0.4, -0.2) is 41.3 Å². The van der Waals surface area contributed by atoms with Gasteiger partial charge in [0.05, 0.1) is 12.7 Å². The van der Waals surface area contributed by atoms with Gasteiger partial charge in [0.15, 0.2) is 0 Å². The summed E-state index contributed by atoms with van der Waals surface area (Å²) in [5, 5.41) is 9.87. The summed E-state index contributed by atoms with van der Waals surface area (Å²) >= 11 is 0. The van der Waals surface area contributed by atoms with Crippen LogP contribution in [0.2, 0.25) is 0 Å². The van der Waals surface area contributed by atoms with Gasteiger partial charge in [-0.15, -0.1) is 0 Å². The third-order valence-corrected chi connectivity index (χ3v) is 4.48. The van der Waals surface area contributed by atoms with Crippen molar-refractivity contribution < 1.29 is 32.2 Å². The van der Waals surface area contributed by atoms with Crippen molar-refractivity contribution >= 4 is 16.4 Å². The molecule has 0 fully saturated rings. The number of aliphatic hydroxyl groups is 1. The number of aliphatic hydroxyl groups excluding tert-OH is 1. The fraction of sp³-hybridized carbons (Fsp3) is 0.864. The number of carbonyl (C=O) groups is 1. The second-order valence-corrected chi connectivity index (χ2v) is 8.43. The second kappa shape index (κ2) is 22.7. The van der Waals surface area contributed by atoms with E-state index in [9.17, 15) is 9.90 Å². The van der Waals surface area contributed by atoms with Gasteiger partial charge in [-0.2, -0.15) is 8.42 Å². The molecule has 0 aliphatic rings. The average molecular weight is 453 g/mol. The predicted molar refractivity (Wildman–Crippen MR) is 121 cm³/mol. The number of carbonyl (C=O) groups excluding carboxylic acids is 1. The fourth-order valence-corrected chi connectivity index (χ4v) is 2.76. The van der Waals surface area contributed by atoms with E-state index < -0.39 is 10.4 Å². The van der Waals surface area contributed by atoms with E-state index in [0.717, 1.165) is 51.4 Å². The first-order valence-corrected chi connectivity index (χ1v) is 12.8. The molecule has 0 spiro atoms. The maximum atomic E-state index is 11.4. The number of hydrogen-bond acceptors (Lipinski definition) is 5. The number of hydrogen-bond donors (Lipinski definition) is 3. The Bertz CT molecular complexity index is 496. The zero-order chi connectivity index (χ0) is 23.1. The minimum absolute atomic E-state index is 0.0374. The van der Waals surface area contributed by atoms with Crippen LogP contribution in [0.1, 0.15) is 110 Å². The number of esters is 1. The van der Waals surface area contributed by atoms with Crippen LogP contribution in [0.15, 0.2) is 12.2 Å². The molecule has 0 rings (SSSR count). The lowest BCUT2D eigenvalue weighted by Gasteiger charge is -2.07. The summed E-state index contributed by atoms with van der Waals surface area (Å²) in [6, 6.07) is 0. The smallest absolute Gasteiger partial charge is 0.394 e. The molecule has 0 aromatic rings. The van der Waals surface area contributed by atoms with Gasteiger partial charge >= 0.3 is 16.4 Å². The maximum absolute atomic E-state index is 11.4. The first-order valence-electron chi connectivity index (χ1n) is 11.4. The lowest BCUT2D eigenvalue weighted by Crippen LogP contribution is -2.05. The Balaban J connectivity index is 0. The fourth-order valence-electron chi connectivity index (χ4n) is 2.76. The van der Waals surface area contributed by atoms with Crippen molar-refractivity contribution in [3.8, 4) is 0 Å². The van der Waals surface area contributed by atoms with Gasteiger partial charge < -0.3 is 9.84 Å². The Labute approximate surface area is 183 Å². The van der Waals surface area contributed by atoms with Crippen molar-refractivity contribution in [3.05, 3.63) is 12.2 Å². The summed E-state index contributed by atoms with van der Waals surface area (Å²) in [6.45, 7) is 4.89. The maximum Gasteiger partial charge on any atom is 0.394 e. The van der Waals surface area contributed by atoms with Gasteiger partial charge in [0.2, 0.25) is 0 Å². The highest BCUT2D eigenvalue weighted by Crippen LogP contribution is 2.10. The quantitative estimate of drug-likeness (QED) is 0.106. The third-order valence-electron chi connectivity index (χ3n) is 4.48. The van der Waals surface area contributed by atoms with E-state index in [1.165, 1.54) is 38.5 Å². The van der Waals surface area contributed by atoms with Crippen LogP contribution in [0.4, 0.5) is 0 Å². The van der Waals surface area contributed by atoms with E-state index in [-0.39, 0.29) is 12.1 Å². The van der Waals surface area contributed by atoms with Crippen LogP contribution in [0.5, 0.6) is 0 Å². The first kappa shape index (κ1) is 31.2. The molecule has 0 aromatic heterocycles. The van der Waals surface area contributed by atoms with Crippen molar-refractivity contribution in [3.63, 3.8) is 0 Å². The molecule has 0 aliphatic heterocycles. The second-order valence-electron chi connectivity index (χ2n) is 7.54. The largest absolute Gasteiger partial charge is 0.466 e. The zero-order valence-electron chi connectivity index (χ0n) is 18.9. The van der Waals surface area contributed by atoms with E-state index in [2.05, 4.69) is 26.0 Å². The predicted octanol–water partition coefficient (Wildman–Crippen LogP) is 5.69. The van der Waals surface area contributed by atoms with Crippen molar-refractivity contribution in [1.82, 2.24) is 0 Å². The van der Waals surface area contributed by atoms with E-state index in [1.54, 1.807) is 0 Å². The SMILES string of the molecule is CCCCCCC(O)C/C=C\CCCCCCCC(=O)OCCCC.O=S(=O)(O)O. The molecule has 0 saturated heterocycles. The lowest BCUT2D eigenvalue weighted by molar-refractivity contribution is -0.143. The molecule has 0 radical (unpaired) electrons. The Morgan fingerprint density at radius 1 is 0.867 bits per heavy atom. The number of ether oxygens (including phenoxy) is 1. The molecule has 30 heavy (non-hydrogen) atoms. The lowest BCUT2D eigenvalue weighted by atomic mass is 10.1. The molecule has 0 heterocycles. The third kappa shape index (κ3) is 34.5. The molecule has 3 N–H and O–H groups in total. The monoisotopic (exact) mass is 452 g/mol. The highest BCUT2D eigenvalue weighted by molar-refractivity contribution is 7.79. The summed E-state index contributed by atoms with van der Waals surface area (Å²) in [7, 11) is -4.67. The van der Waals surface area contributed by atoms with E-state index >= 15 is 0 Å².